The number of fused-ring (bicyclic) bond motifs is 1. The number of aromatic hydroxyl groups is 4. The zero-order valence-corrected chi connectivity index (χ0v) is 13.0. The SMILES string of the molecule is O=c1c(O)c(-c2ccc(O)cc2)oc2c(I)c(O)cc(O)c12. The van der Waals surface area contributed by atoms with Gasteiger partial charge >= 0.3 is 0 Å². The summed E-state index contributed by atoms with van der Waals surface area (Å²) in [7, 11) is 0. The fraction of sp³-hybridized carbons (Fsp3) is 0. The molecule has 3 aromatic rings. The van der Waals surface area contributed by atoms with E-state index in [0.717, 1.165) is 6.07 Å². The molecular weight excluding hydrogens is 403 g/mol. The molecule has 0 saturated heterocycles. The Morgan fingerprint density at radius 1 is 0.955 bits per heavy atom. The highest BCUT2D eigenvalue weighted by molar-refractivity contribution is 14.1. The largest absolute Gasteiger partial charge is 0.508 e. The van der Waals surface area contributed by atoms with E-state index in [-0.39, 0.29) is 31.8 Å². The topological polar surface area (TPSA) is 111 Å². The van der Waals surface area contributed by atoms with Gasteiger partial charge in [0.1, 0.15) is 22.6 Å². The van der Waals surface area contributed by atoms with Crippen molar-refractivity contribution in [2.75, 3.05) is 0 Å². The first-order valence-electron chi connectivity index (χ1n) is 6.09. The normalized spacial score (nSPS) is 11.0. The first kappa shape index (κ1) is 14.5. The van der Waals surface area contributed by atoms with Gasteiger partial charge in [0.05, 0.1) is 3.57 Å². The molecule has 1 aromatic heterocycles. The Bertz CT molecular complexity index is 943. The monoisotopic (exact) mass is 412 g/mol. The van der Waals surface area contributed by atoms with Crippen molar-refractivity contribution in [3.8, 4) is 34.3 Å². The standard InChI is InChI=1S/C15H9IO6/c16-11-9(19)5-8(18)10-12(20)13(21)14(22-15(10)11)6-1-3-7(17)4-2-6/h1-5,17-19,21H. The van der Waals surface area contributed by atoms with Crippen molar-refractivity contribution in [1.82, 2.24) is 0 Å². The predicted octanol–water partition coefficient (Wildman–Crippen LogP) is 2.89. The van der Waals surface area contributed by atoms with Crippen molar-refractivity contribution in [2.24, 2.45) is 0 Å². The second kappa shape index (κ2) is 5.09. The Balaban J connectivity index is 2.43. The Hall–Kier alpha value is -2.42. The van der Waals surface area contributed by atoms with Gasteiger partial charge in [-0.2, -0.15) is 0 Å². The third kappa shape index (κ3) is 2.13. The van der Waals surface area contributed by atoms with Crippen LogP contribution in [0, 0.1) is 3.57 Å². The summed E-state index contributed by atoms with van der Waals surface area (Å²) in [5, 5.41) is 38.7. The van der Waals surface area contributed by atoms with E-state index in [9.17, 15) is 25.2 Å². The lowest BCUT2D eigenvalue weighted by atomic mass is 10.1. The summed E-state index contributed by atoms with van der Waals surface area (Å²) in [5.41, 5.74) is -0.461. The van der Waals surface area contributed by atoms with E-state index >= 15 is 0 Å². The average Bonchev–Trinajstić information content (AvgIpc) is 2.48. The lowest BCUT2D eigenvalue weighted by molar-refractivity contribution is 0.436. The smallest absolute Gasteiger partial charge is 0.238 e. The minimum atomic E-state index is -0.806. The fourth-order valence-electron chi connectivity index (χ4n) is 2.10. The van der Waals surface area contributed by atoms with Gasteiger partial charge in [0.25, 0.3) is 0 Å². The summed E-state index contributed by atoms with van der Waals surface area (Å²) < 4.78 is 5.77. The van der Waals surface area contributed by atoms with Gasteiger partial charge in [-0.15, -0.1) is 0 Å². The van der Waals surface area contributed by atoms with E-state index < -0.39 is 16.9 Å². The van der Waals surface area contributed by atoms with Crippen LogP contribution < -0.4 is 5.43 Å². The summed E-state index contributed by atoms with van der Waals surface area (Å²) in [5.74, 6) is -1.46. The fourth-order valence-corrected chi connectivity index (χ4v) is 2.64. The van der Waals surface area contributed by atoms with Crippen LogP contribution in [0.2, 0.25) is 0 Å². The third-order valence-electron chi connectivity index (χ3n) is 3.17. The maximum Gasteiger partial charge on any atom is 0.238 e. The third-order valence-corrected chi connectivity index (χ3v) is 4.21. The van der Waals surface area contributed by atoms with Crippen LogP contribution in [-0.2, 0) is 0 Å². The maximum atomic E-state index is 12.3. The number of benzene rings is 2. The van der Waals surface area contributed by atoms with E-state index in [2.05, 4.69) is 0 Å². The number of phenols is 3. The Kier molecular flexibility index (Phi) is 3.36. The van der Waals surface area contributed by atoms with Gasteiger partial charge in [0.15, 0.2) is 11.3 Å². The molecule has 0 radical (unpaired) electrons. The quantitative estimate of drug-likeness (QED) is 0.458. The van der Waals surface area contributed by atoms with Crippen molar-refractivity contribution in [1.29, 1.82) is 0 Å². The van der Waals surface area contributed by atoms with Gasteiger partial charge in [-0.3, -0.25) is 4.79 Å². The molecule has 0 amide bonds. The lowest BCUT2D eigenvalue weighted by Crippen LogP contribution is -2.04. The molecule has 2 aromatic carbocycles. The molecule has 0 aliphatic carbocycles. The molecule has 0 unspecified atom stereocenters. The van der Waals surface area contributed by atoms with Crippen molar-refractivity contribution in [2.45, 2.75) is 0 Å². The average molecular weight is 412 g/mol. The van der Waals surface area contributed by atoms with E-state index in [1.807, 2.05) is 0 Å². The summed E-state index contributed by atoms with van der Waals surface area (Å²) in [6.07, 6.45) is 0. The van der Waals surface area contributed by atoms with Crippen molar-refractivity contribution >= 4 is 33.6 Å². The lowest BCUT2D eigenvalue weighted by Gasteiger charge is -2.09. The van der Waals surface area contributed by atoms with Crippen molar-refractivity contribution < 1.29 is 24.8 Å². The van der Waals surface area contributed by atoms with Gasteiger partial charge < -0.3 is 24.8 Å². The molecule has 3 rings (SSSR count). The van der Waals surface area contributed by atoms with E-state index in [1.54, 1.807) is 22.6 Å². The van der Waals surface area contributed by atoms with Gasteiger partial charge in [0.2, 0.25) is 11.2 Å². The predicted molar refractivity (Wildman–Crippen MR) is 87.3 cm³/mol. The van der Waals surface area contributed by atoms with E-state index in [4.69, 9.17) is 4.42 Å². The molecule has 22 heavy (non-hydrogen) atoms. The number of rotatable bonds is 1. The Morgan fingerprint density at radius 2 is 1.59 bits per heavy atom. The number of halogens is 1. The van der Waals surface area contributed by atoms with Crippen LogP contribution in [0.25, 0.3) is 22.3 Å². The summed E-state index contributed by atoms with van der Waals surface area (Å²) in [4.78, 5) is 12.3. The molecule has 0 atom stereocenters. The first-order valence-corrected chi connectivity index (χ1v) is 7.17. The molecule has 0 aliphatic rings. The molecule has 4 N–H and O–H groups in total. The van der Waals surface area contributed by atoms with E-state index in [0.29, 0.717) is 5.56 Å². The molecule has 7 heteroatoms. The van der Waals surface area contributed by atoms with Gasteiger partial charge in [-0.25, -0.2) is 0 Å². The summed E-state index contributed by atoms with van der Waals surface area (Å²) in [6, 6.07) is 6.71. The van der Waals surface area contributed by atoms with Crippen LogP contribution >= 0.6 is 22.6 Å². The number of hydrogen-bond donors (Lipinski definition) is 4. The zero-order chi connectivity index (χ0) is 16.0. The number of hydrogen-bond acceptors (Lipinski definition) is 6. The molecule has 0 spiro atoms. The van der Waals surface area contributed by atoms with Crippen LogP contribution in [0.4, 0.5) is 0 Å². The first-order chi connectivity index (χ1) is 10.4. The molecule has 0 bridgehead atoms. The van der Waals surface area contributed by atoms with Gasteiger partial charge in [-0.05, 0) is 46.9 Å². The highest BCUT2D eigenvalue weighted by atomic mass is 127. The molecular formula is C15H9IO6. The van der Waals surface area contributed by atoms with Crippen molar-refractivity contribution in [3.63, 3.8) is 0 Å². The Labute approximate surface area is 137 Å². The molecule has 0 saturated carbocycles. The zero-order valence-electron chi connectivity index (χ0n) is 10.9. The minimum absolute atomic E-state index is 0.0241. The van der Waals surface area contributed by atoms with Crippen LogP contribution in [-0.4, -0.2) is 20.4 Å². The number of phenolic OH excluding ortho intramolecular Hbond substituents is 3. The molecule has 0 aliphatic heterocycles. The van der Waals surface area contributed by atoms with Crippen LogP contribution in [0.5, 0.6) is 23.0 Å². The summed E-state index contributed by atoms with van der Waals surface area (Å²) >= 11 is 1.77. The molecule has 112 valence electrons. The highest BCUT2D eigenvalue weighted by Gasteiger charge is 2.21. The highest BCUT2D eigenvalue weighted by Crippen LogP contribution is 2.38. The molecule has 1 heterocycles. The second-order valence-corrected chi connectivity index (χ2v) is 5.67. The second-order valence-electron chi connectivity index (χ2n) is 4.59. The van der Waals surface area contributed by atoms with Crippen LogP contribution in [0.15, 0.2) is 39.5 Å². The van der Waals surface area contributed by atoms with Crippen LogP contribution in [0.1, 0.15) is 0 Å². The van der Waals surface area contributed by atoms with E-state index in [1.165, 1.54) is 24.3 Å². The minimum Gasteiger partial charge on any atom is -0.508 e. The van der Waals surface area contributed by atoms with Crippen molar-refractivity contribution in [3.05, 3.63) is 44.1 Å². The van der Waals surface area contributed by atoms with Gasteiger partial charge in [-0.1, -0.05) is 0 Å². The Morgan fingerprint density at radius 3 is 2.23 bits per heavy atom. The molecule has 0 fully saturated rings. The molecule has 6 nitrogen and oxygen atoms in total. The van der Waals surface area contributed by atoms with Gasteiger partial charge in [0, 0.05) is 11.6 Å². The maximum absolute atomic E-state index is 12.3. The summed E-state index contributed by atoms with van der Waals surface area (Å²) in [6.45, 7) is 0. The van der Waals surface area contributed by atoms with Crippen LogP contribution in [0.3, 0.4) is 0 Å².